The van der Waals surface area contributed by atoms with Crippen LogP contribution in [0.2, 0.25) is 0 Å². The van der Waals surface area contributed by atoms with E-state index in [0.29, 0.717) is 32.4 Å². The number of benzene rings is 3. The molecule has 1 N–H and O–H groups in total. The Morgan fingerprint density at radius 3 is 2.08 bits per heavy atom. The summed E-state index contributed by atoms with van der Waals surface area (Å²) in [7, 11) is 0. The van der Waals surface area contributed by atoms with Crippen LogP contribution in [0.25, 0.3) is 0 Å². The number of carbonyl (C=O) groups is 2. The second-order valence-electron chi connectivity index (χ2n) is 10.2. The molecular formula is C31H38N2O3. The summed E-state index contributed by atoms with van der Waals surface area (Å²) < 4.78 is 5.79. The van der Waals surface area contributed by atoms with Crippen LogP contribution in [0.4, 0.5) is 0 Å². The predicted octanol–water partition coefficient (Wildman–Crippen LogP) is 5.71. The van der Waals surface area contributed by atoms with Crippen LogP contribution in [-0.2, 0) is 22.6 Å². The van der Waals surface area contributed by atoms with Gasteiger partial charge in [-0.1, -0.05) is 78.4 Å². The van der Waals surface area contributed by atoms with Crippen LogP contribution in [0.3, 0.4) is 0 Å². The Labute approximate surface area is 215 Å². The molecule has 0 bridgehead atoms. The van der Waals surface area contributed by atoms with Gasteiger partial charge in [0.15, 0.2) is 0 Å². The van der Waals surface area contributed by atoms with E-state index in [1.54, 1.807) is 4.90 Å². The lowest BCUT2D eigenvalue weighted by molar-refractivity contribution is -0.142. The Hall–Kier alpha value is -3.60. The number of nitrogens with zero attached hydrogens (tertiary/aromatic N) is 1. The molecule has 190 valence electrons. The maximum atomic E-state index is 13.6. The average molecular weight is 487 g/mol. The van der Waals surface area contributed by atoms with E-state index >= 15 is 0 Å². The highest BCUT2D eigenvalue weighted by Crippen LogP contribution is 2.18. The molecule has 3 aromatic rings. The average Bonchev–Trinajstić information content (AvgIpc) is 2.85. The molecule has 1 unspecified atom stereocenters. The van der Waals surface area contributed by atoms with E-state index in [2.05, 4.69) is 5.32 Å². The summed E-state index contributed by atoms with van der Waals surface area (Å²) in [5.41, 5.74) is 2.76. The third kappa shape index (κ3) is 8.88. The molecule has 2 amide bonds. The van der Waals surface area contributed by atoms with Crippen LogP contribution in [0.5, 0.6) is 5.75 Å². The molecule has 0 aromatic heterocycles. The van der Waals surface area contributed by atoms with Gasteiger partial charge in [0.25, 0.3) is 0 Å². The number of nitrogens with one attached hydrogen (secondary N) is 1. The summed E-state index contributed by atoms with van der Waals surface area (Å²) >= 11 is 0. The maximum Gasteiger partial charge on any atom is 0.243 e. The molecule has 0 aliphatic carbocycles. The SMILES string of the molecule is Cc1ccc(CN(C(=O)CCCOc2ccccc2)C(Cc2ccccc2)C(=O)NC(C)(C)C)cc1. The molecule has 0 heterocycles. The number of ether oxygens (including phenoxy) is 1. The Morgan fingerprint density at radius 2 is 1.47 bits per heavy atom. The monoisotopic (exact) mass is 486 g/mol. The number of aryl methyl sites for hydroxylation is 1. The van der Waals surface area contributed by atoms with Gasteiger partial charge < -0.3 is 15.0 Å². The maximum absolute atomic E-state index is 13.6. The van der Waals surface area contributed by atoms with Crippen molar-refractivity contribution in [3.8, 4) is 5.75 Å². The lowest BCUT2D eigenvalue weighted by atomic mass is 10.00. The summed E-state index contributed by atoms with van der Waals surface area (Å²) in [6, 6.07) is 26.9. The quantitative estimate of drug-likeness (QED) is 0.353. The smallest absolute Gasteiger partial charge is 0.243 e. The standard InChI is InChI=1S/C31H38N2O3/c1-24-17-19-26(20-18-24)23-33(29(34)16-11-21-36-27-14-9-6-10-15-27)28(30(35)32-31(2,3)4)22-25-12-7-5-8-13-25/h5-10,12-15,17-20,28H,11,16,21-23H2,1-4H3,(H,32,35). The molecule has 5 nitrogen and oxygen atoms in total. The van der Waals surface area contributed by atoms with E-state index in [9.17, 15) is 9.59 Å². The van der Waals surface area contributed by atoms with E-state index in [1.807, 2.05) is 113 Å². The summed E-state index contributed by atoms with van der Waals surface area (Å²) in [6.07, 6.45) is 1.31. The molecule has 5 heteroatoms. The molecule has 0 spiro atoms. The summed E-state index contributed by atoms with van der Waals surface area (Å²) in [6.45, 7) is 8.71. The molecule has 0 aliphatic heterocycles. The molecule has 3 rings (SSSR count). The van der Waals surface area contributed by atoms with E-state index in [0.717, 1.165) is 22.4 Å². The highest BCUT2D eigenvalue weighted by atomic mass is 16.5. The second kappa shape index (κ2) is 12.9. The van der Waals surface area contributed by atoms with Gasteiger partial charge in [-0.3, -0.25) is 9.59 Å². The summed E-state index contributed by atoms with van der Waals surface area (Å²) in [5.74, 6) is 0.581. The van der Waals surface area contributed by atoms with Crippen molar-refractivity contribution in [3.63, 3.8) is 0 Å². The summed E-state index contributed by atoms with van der Waals surface area (Å²) in [5, 5.41) is 3.10. The van der Waals surface area contributed by atoms with E-state index in [1.165, 1.54) is 0 Å². The lowest BCUT2D eigenvalue weighted by Gasteiger charge is -2.34. The van der Waals surface area contributed by atoms with Gasteiger partial charge >= 0.3 is 0 Å². The minimum atomic E-state index is -0.629. The van der Waals surface area contributed by atoms with E-state index < -0.39 is 11.6 Å². The first-order valence-corrected chi connectivity index (χ1v) is 12.6. The van der Waals surface area contributed by atoms with Crippen LogP contribution >= 0.6 is 0 Å². The normalized spacial score (nSPS) is 12.0. The molecule has 0 fully saturated rings. The van der Waals surface area contributed by atoms with Gasteiger partial charge in [0.05, 0.1) is 6.61 Å². The minimum absolute atomic E-state index is 0.0581. The largest absolute Gasteiger partial charge is 0.494 e. The molecule has 1 atom stereocenters. The molecule has 0 saturated heterocycles. The molecule has 0 aliphatic rings. The van der Waals surface area contributed by atoms with Crippen molar-refractivity contribution in [3.05, 3.63) is 102 Å². The van der Waals surface area contributed by atoms with Gasteiger partial charge in [-0.15, -0.1) is 0 Å². The zero-order chi connectivity index (χ0) is 26.0. The molecule has 0 saturated carbocycles. The van der Waals surface area contributed by atoms with Crippen molar-refractivity contribution in [2.75, 3.05) is 6.61 Å². The van der Waals surface area contributed by atoms with Gasteiger partial charge in [-0.05, 0) is 57.4 Å². The highest BCUT2D eigenvalue weighted by molar-refractivity contribution is 5.88. The van der Waals surface area contributed by atoms with Gasteiger partial charge in [0, 0.05) is 24.9 Å². The number of hydrogen-bond acceptors (Lipinski definition) is 3. The van der Waals surface area contributed by atoms with Crippen molar-refractivity contribution in [1.82, 2.24) is 10.2 Å². The number of hydrogen-bond donors (Lipinski definition) is 1. The Bertz CT molecular complexity index is 1090. The third-order valence-electron chi connectivity index (χ3n) is 5.79. The minimum Gasteiger partial charge on any atom is -0.494 e. The van der Waals surface area contributed by atoms with Gasteiger partial charge in [-0.2, -0.15) is 0 Å². The lowest BCUT2D eigenvalue weighted by Crippen LogP contribution is -2.54. The van der Waals surface area contributed by atoms with Crippen molar-refractivity contribution >= 4 is 11.8 Å². The van der Waals surface area contributed by atoms with Crippen LogP contribution < -0.4 is 10.1 Å². The second-order valence-corrected chi connectivity index (χ2v) is 10.2. The molecule has 36 heavy (non-hydrogen) atoms. The van der Waals surface area contributed by atoms with Crippen LogP contribution in [0.1, 0.15) is 50.3 Å². The highest BCUT2D eigenvalue weighted by Gasteiger charge is 2.32. The topological polar surface area (TPSA) is 58.6 Å². The fraction of sp³-hybridized carbons (Fsp3) is 0.355. The zero-order valence-corrected chi connectivity index (χ0v) is 21.9. The van der Waals surface area contributed by atoms with Gasteiger partial charge in [0.2, 0.25) is 11.8 Å². The fourth-order valence-electron chi connectivity index (χ4n) is 3.97. The number of carbonyl (C=O) groups excluding carboxylic acids is 2. The van der Waals surface area contributed by atoms with Crippen molar-refractivity contribution < 1.29 is 14.3 Å². The first kappa shape index (κ1) is 27.0. The Kier molecular flexibility index (Phi) is 9.69. The zero-order valence-electron chi connectivity index (χ0n) is 21.9. The number of amides is 2. The third-order valence-corrected chi connectivity index (χ3v) is 5.79. The first-order chi connectivity index (χ1) is 17.2. The summed E-state index contributed by atoms with van der Waals surface area (Å²) in [4.78, 5) is 28.9. The predicted molar refractivity (Wildman–Crippen MR) is 145 cm³/mol. The van der Waals surface area contributed by atoms with Crippen LogP contribution in [-0.4, -0.2) is 34.9 Å². The van der Waals surface area contributed by atoms with Gasteiger partial charge in [0.1, 0.15) is 11.8 Å². The van der Waals surface area contributed by atoms with Crippen molar-refractivity contribution in [2.24, 2.45) is 0 Å². The fourth-order valence-corrected chi connectivity index (χ4v) is 3.97. The molecule has 3 aromatic carbocycles. The van der Waals surface area contributed by atoms with Gasteiger partial charge in [-0.25, -0.2) is 0 Å². The number of para-hydroxylation sites is 1. The van der Waals surface area contributed by atoms with E-state index in [4.69, 9.17) is 4.74 Å². The molecule has 0 radical (unpaired) electrons. The Morgan fingerprint density at radius 1 is 0.861 bits per heavy atom. The van der Waals surface area contributed by atoms with Crippen LogP contribution in [0.15, 0.2) is 84.9 Å². The van der Waals surface area contributed by atoms with Crippen molar-refractivity contribution in [2.45, 2.75) is 65.1 Å². The van der Waals surface area contributed by atoms with Crippen LogP contribution in [0, 0.1) is 6.92 Å². The van der Waals surface area contributed by atoms with E-state index in [-0.39, 0.29) is 11.8 Å². The van der Waals surface area contributed by atoms with Crippen molar-refractivity contribution in [1.29, 1.82) is 0 Å². The molecular weight excluding hydrogens is 448 g/mol. The Balaban J connectivity index is 1.81. The first-order valence-electron chi connectivity index (χ1n) is 12.6. The number of rotatable bonds is 11.